The van der Waals surface area contributed by atoms with Crippen molar-refractivity contribution in [3.8, 4) is 0 Å². The fourth-order valence-electron chi connectivity index (χ4n) is 1.21. The molecule has 1 heterocycles. The third-order valence-corrected chi connectivity index (χ3v) is 3.19. The molecule has 0 fully saturated rings. The molecule has 7 heteroatoms. The number of aromatic nitrogens is 2. The summed E-state index contributed by atoms with van der Waals surface area (Å²) in [6, 6.07) is 1.70. The van der Waals surface area contributed by atoms with Crippen molar-refractivity contribution in [3.63, 3.8) is 0 Å². The second kappa shape index (κ2) is 5.86. The van der Waals surface area contributed by atoms with E-state index in [1.165, 1.54) is 7.11 Å². The molecule has 0 radical (unpaired) electrons. The van der Waals surface area contributed by atoms with Gasteiger partial charge in [0.05, 0.1) is 12.4 Å². The third-order valence-electron chi connectivity index (χ3n) is 1.97. The van der Waals surface area contributed by atoms with Crippen LogP contribution in [0.25, 0.3) is 0 Å². The predicted octanol–water partition coefficient (Wildman–Crippen LogP) is 0.750. The molecule has 2 N–H and O–H groups in total. The number of ether oxygens (including phenoxy) is 1. The van der Waals surface area contributed by atoms with E-state index >= 15 is 0 Å². The van der Waals surface area contributed by atoms with Crippen molar-refractivity contribution in [2.24, 2.45) is 0 Å². The fourth-order valence-corrected chi connectivity index (χ4v) is 2.13. The Labute approximate surface area is 95.4 Å². The van der Waals surface area contributed by atoms with Crippen LogP contribution < -0.4 is 4.72 Å². The van der Waals surface area contributed by atoms with Crippen LogP contribution in [0.15, 0.2) is 6.07 Å². The average Bonchev–Trinajstić information content (AvgIpc) is 2.62. The molecule has 92 valence electrons. The predicted molar refractivity (Wildman–Crippen MR) is 61.9 cm³/mol. The third kappa shape index (κ3) is 4.19. The molecule has 0 unspecified atom stereocenters. The summed E-state index contributed by atoms with van der Waals surface area (Å²) >= 11 is 0. The highest BCUT2D eigenvalue weighted by atomic mass is 32.2. The average molecular weight is 247 g/mol. The van der Waals surface area contributed by atoms with E-state index in [1.54, 1.807) is 6.07 Å². The van der Waals surface area contributed by atoms with Crippen LogP contribution in [0.4, 0.5) is 5.82 Å². The van der Waals surface area contributed by atoms with E-state index in [0.717, 1.165) is 18.5 Å². The molecule has 0 atom stereocenters. The highest BCUT2D eigenvalue weighted by Gasteiger charge is 2.11. The van der Waals surface area contributed by atoms with Gasteiger partial charge in [-0.2, -0.15) is 5.10 Å². The van der Waals surface area contributed by atoms with Crippen LogP contribution in [0.2, 0.25) is 0 Å². The zero-order chi connectivity index (χ0) is 12.0. The number of hydrogen-bond donors (Lipinski definition) is 2. The minimum absolute atomic E-state index is 0.0700. The molecule has 0 spiro atoms. The maximum absolute atomic E-state index is 11.5. The minimum atomic E-state index is -3.36. The first-order chi connectivity index (χ1) is 7.57. The quantitative estimate of drug-likeness (QED) is 0.744. The lowest BCUT2D eigenvalue weighted by Crippen LogP contribution is -2.19. The van der Waals surface area contributed by atoms with Gasteiger partial charge in [0, 0.05) is 18.9 Å². The summed E-state index contributed by atoms with van der Waals surface area (Å²) in [4.78, 5) is 0. The van der Waals surface area contributed by atoms with Crippen molar-refractivity contribution in [1.29, 1.82) is 0 Å². The van der Waals surface area contributed by atoms with Crippen LogP contribution in [0, 0.1) is 0 Å². The van der Waals surface area contributed by atoms with Crippen LogP contribution in [-0.2, 0) is 21.2 Å². The summed E-state index contributed by atoms with van der Waals surface area (Å²) < 4.78 is 30.1. The highest BCUT2D eigenvalue weighted by molar-refractivity contribution is 7.92. The Morgan fingerprint density at radius 1 is 1.56 bits per heavy atom. The molecule has 1 rings (SSSR count). The highest BCUT2D eigenvalue weighted by Crippen LogP contribution is 2.09. The zero-order valence-corrected chi connectivity index (χ0v) is 10.3. The molecule has 0 saturated carbocycles. The maximum atomic E-state index is 11.5. The Bertz CT molecular complexity index is 413. The molecule has 6 nitrogen and oxygen atoms in total. The summed E-state index contributed by atoms with van der Waals surface area (Å²) in [5.74, 6) is 0.263. The molecule has 0 saturated heterocycles. The van der Waals surface area contributed by atoms with E-state index in [0.29, 0.717) is 5.82 Å². The normalized spacial score (nSPS) is 11.6. The molecule has 0 aromatic carbocycles. The van der Waals surface area contributed by atoms with Gasteiger partial charge in [0.1, 0.15) is 0 Å². The van der Waals surface area contributed by atoms with E-state index in [2.05, 4.69) is 14.9 Å². The second-order valence-electron chi connectivity index (χ2n) is 3.44. The van der Waals surface area contributed by atoms with Crippen LogP contribution in [0.1, 0.15) is 19.0 Å². The SMILES string of the molecule is CCCc1cc(NS(=O)(=O)CCOC)n[nH]1. The summed E-state index contributed by atoms with van der Waals surface area (Å²) in [6.07, 6.45) is 1.84. The van der Waals surface area contributed by atoms with Crippen LogP contribution in [0.3, 0.4) is 0 Å². The zero-order valence-electron chi connectivity index (χ0n) is 9.49. The monoisotopic (exact) mass is 247 g/mol. The van der Waals surface area contributed by atoms with Crippen molar-refractivity contribution in [3.05, 3.63) is 11.8 Å². The molecule has 1 aromatic heterocycles. The summed E-state index contributed by atoms with van der Waals surface area (Å²) in [5, 5.41) is 6.65. The number of aryl methyl sites for hydroxylation is 1. The summed E-state index contributed by atoms with van der Waals surface area (Å²) in [5.41, 5.74) is 0.923. The Hall–Kier alpha value is -1.08. The minimum Gasteiger partial charge on any atom is -0.384 e. The van der Waals surface area contributed by atoms with E-state index in [-0.39, 0.29) is 12.4 Å². The van der Waals surface area contributed by atoms with Gasteiger partial charge in [-0.3, -0.25) is 9.82 Å². The Balaban J connectivity index is 2.58. The van der Waals surface area contributed by atoms with Crippen molar-refractivity contribution in [1.82, 2.24) is 10.2 Å². The topological polar surface area (TPSA) is 84.1 Å². The molecule has 0 aliphatic carbocycles. The summed E-state index contributed by atoms with van der Waals surface area (Å²) in [6.45, 7) is 2.21. The van der Waals surface area contributed by atoms with Gasteiger partial charge in [-0.05, 0) is 6.42 Å². The van der Waals surface area contributed by atoms with Gasteiger partial charge in [-0.1, -0.05) is 13.3 Å². The van der Waals surface area contributed by atoms with Gasteiger partial charge >= 0.3 is 0 Å². The fraction of sp³-hybridized carbons (Fsp3) is 0.667. The molecular weight excluding hydrogens is 230 g/mol. The number of sulfonamides is 1. The second-order valence-corrected chi connectivity index (χ2v) is 5.28. The Morgan fingerprint density at radius 3 is 2.94 bits per heavy atom. The first-order valence-corrected chi connectivity index (χ1v) is 6.76. The molecule has 1 aromatic rings. The Kier molecular flexibility index (Phi) is 4.75. The lowest BCUT2D eigenvalue weighted by atomic mass is 10.2. The van der Waals surface area contributed by atoms with E-state index in [9.17, 15) is 8.42 Å². The lowest BCUT2D eigenvalue weighted by molar-refractivity contribution is 0.217. The molecular formula is C9H17N3O3S. The van der Waals surface area contributed by atoms with Crippen LogP contribution in [0.5, 0.6) is 0 Å². The van der Waals surface area contributed by atoms with E-state index < -0.39 is 10.0 Å². The van der Waals surface area contributed by atoms with Crippen molar-refractivity contribution < 1.29 is 13.2 Å². The number of rotatable bonds is 7. The van der Waals surface area contributed by atoms with Gasteiger partial charge in [0.2, 0.25) is 10.0 Å². The van der Waals surface area contributed by atoms with Gasteiger partial charge in [-0.15, -0.1) is 0 Å². The van der Waals surface area contributed by atoms with Crippen molar-refractivity contribution in [2.45, 2.75) is 19.8 Å². The van der Waals surface area contributed by atoms with Crippen LogP contribution in [-0.4, -0.2) is 38.1 Å². The number of H-pyrrole nitrogens is 1. The molecule has 0 aliphatic rings. The largest absolute Gasteiger partial charge is 0.384 e. The number of aromatic amines is 1. The summed E-state index contributed by atoms with van der Waals surface area (Å²) in [7, 11) is -1.89. The van der Waals surface area contributed by atoms with Crippen LogP contribution >= 0.6 is 0 Å². The van der Waals surface area contributed by atoms with Gasteiger partial charge in [0.15, 0.2) is 5.82 Å². The van der Waals surface area contributed by atoms with E-state index in [4.69, 9.17) is 4.74 Å². The first-order valence-electron chi connectivity index (χ1n) is 5.11. The smallest absolute Gasteiger partial charge is 0.236 e. The van der Waals surface area contributed by atoms with E-state index in [1.807, 2.05) is 6.92 Å². The maximum Gasteiger partial charge on any atom is 0.236 e. The number of methoxy groups -OCH3 is 1. The van der Waals surface area contributed by atoms with Gasteiger partial charge < -0.3 is 4.74 Å². The first kappa shape index (κ1) is 13.0. The Morgan fingerprint density at radius 2 is 2.31 bits per heavy atom. The number of nitrogens with zero attached hydrogens (tertiary/aromatic N) is 1. The molecule has 0 amide bonds. The number of nitrogens with one attached hydrogen (secondary N) is 2. The van der Waals surface area contributed by atoms with Gasteiger partial charge in [-0.25, -0.2) is 8.42 Å². The molecule has 0 aliphatic heterocycles. The standard InChI is InChI=1S/C9H17N3O3S/c1-3-4-8-7-9(11-10-8)12-16(13,14)6-5-15-2/h7H,3-6H2,1-2H3,(H2,10,11,12). The lowest BCUT2D eigenvalue weighted by Gasteiger charge is -2.03. The number of hydrogen-bond acceptors (Lipinski definition) is 4. The number of anilines is 1. The van der Waals surface area contributed by atoms with Crippen molar-refractivity contribution >= 4 is 15.8 Å². The molecule has 16 heavy (non-hydrogen) atoms. The van der Waals surface area contributed by atoms with Gasteiger partial charge in [0.25, 0.3) is 0 Å². The van der Waals surface area contributed by atoms with Crippen molar-refractivity contribution in [2.75, 3.05) is 24.2 Å². The molecule has 0 bridgehead atoms.